The number of nitrogens with zero attached hydrogens (tertiary/aromatic N) is 4. The zero-order valence-electron chi connectivity index (χ0n) is 22.4. The Hall–Kier alpha value is -3.50. The molecule has 0 aliphatic carbocycles. The first kappa shape index (κ1) is 28.6. The summed E-state index contributed by atoms with van der Waals surface area (Å²) in [5, 5.41) is 12.5. The van der Waals surface area contributed by atoms with Gasteiger partial charge in [-0.15, -0.1) is 11.3 Å². The minimum atomic E-state index is -3.56. The lowest BCUT2D eigenvalue weighted by Gasteiger charge is -2.23. The number of piperidine rings is 1. The number of hydrogen-bond acceptors (Lipinski definition) is 13. The third-order valence-electron chi connectivity index (χ3n) is 6.85. The summed E-state index contributed by atoms with van der Waals surface area (Å²) in [5.74, 6) is -0.0489. The highest BCUT2D eigenvalue weighted by Gasteiger charge is 2.31. The number of pyridine rings is 1. The predicted octanol–water partition coefficient (Wildman–Crippen LogP) is 3.40. The fourth-order valence-corrected chi connectivity index (χ4v) is 7.54. The van der Waals surface area contributed by atoms with Crippen LogP contribution < -0.4 is 15.4 Å². The summed E-state index contributed by atoms with van der Waals surface area (Å²) in [6.07, 6.45) is 4.04. The summed E-state index contributed by atoms with van der Waals surface area (Å²) in [4.78, 5) is 32.9. The number of hydrogen-bond donors (Lipinski definition) is 2. The Morgan fingerprint density at radius 3 is 2.69 bits per heavy atom. The summed E-state index contributed by atoms with van der Waals surface area (Å²) < 4.78 is 37.2. The lowest BCUT2D eigenvalue weighted by atomic mass is 10.1. The van der Waals surface area contributed by atoms with Gasteiger partial charge in [0, 0.05) is 29.8 Å². The van der Waals surface area contributed by atoms with Crippen molar-refractivity contribution < 1.29 is 27.5 Å². The summed E-state index contributed by atoms with van der Waals surface area (Å²) >= 11 is 2.62. The molecule has 3 aromatic heterocycles. The maximum Gasteiger partial charge on any atom is 0.280 e. The molecule has 2 aliphatic rings. The van der Waals surface area contributed by atoms with Gasteiger partial charge >= 0.3 is 0 Å². The number of ether oxygens (including phenoxy) is 2. The lowest BCUT2D eigenvalue weighted by Crippen LogP contribution is -2.34. The van der Waals surface area contributed by atoms with E-state index in [-0.39, 0.29) is 29.9 Å². The molecule has 220 valence electrons. The van der Waals surface area contributed by atoms with E-state index in [2.05, 4.69) is 30.7 Å². The predicted molar refractivity (Wildman–Crippen MR) is 159 cm³/mol. The topological polar surface area (TPSA) is 154 Å². The van der Waals surface area contributed by atoms with Crippen molar-refractivity contribution in [2.24, 2.45) is 5.16 Å². The van der Waals surface area contributed by atoms with Crippen LogP contribution in [0.4, 0.5) is 5.13 Å². The van der Waals surface area contributed by atoms with Crippen LogP contribution in [0.1, 0.15) is 29.8 Å². The minimum Gasteiger partial charge on any atom is -0.474 e. The fraction of sp³-hybridized carbons (Fsp3) is 0.370. The standard InChI is InChI=1S/C27H28N6O6S3/c34-25(32-27-30-21-5-6-22(31-26(21)41-27)39-18-7-10-28-11-8-18)24(33-38-16-23-29-12-14-40-23)17-1-3-19(4-2-17)42(35,36)20-9-13-37-15-20/h1-6,12,14,18,20,28H,7-11,13,15-16H2,(H,30,32,34)/t20-/m0/s1. The van der Waals surface area contributed by atoms with Gasteiger partial charge in [-0.1, -0.05) is 28.6 Å². The highest BCUT2D eigenvalue weighted by atomic mass is 32.2. The molecule has 5 heterocycles. The number of oxime groups is 1. The Morgan fingerprint density at radius 1 is 1.12 bits per heavy atom. The molecule has 0 bridgehead atoms. The molecule has 42 heavy (non-hydrogen) atoms. The van der Waals surface area contributed by atoms with E-state index >= 15 is 0 Å². The van der Waals surface area contributed by atoms with E-state index in [4.69, 9.17) is 14.3 Å². The molecule has 2 aliphatic heterocycles. The summed E-state index contributed by atoms with van der Waals surface area (Å²) in [6.45, 7) is 2.49. The van der Waals surface area contributed by atoms with Crippen molar-refractivity contribution in [1.82, 2.24) is 20.3 Å². The smallest absolute Gasteiger partial charge is 0.280 e. The van der Waals surface area contributed by atoms with Crippen LogP contribution in [-0.2, 0) is 30.8 Å². The molecule has 6 rings (SSSR count). The minimum absolute atomic E-state index is 0.0400. The van der Waals surface area contributed by atoms with Crippen LogP contribution in [0.15, 0.2) is 58.0 Å². The van der Waals surface area contributed by atoms with Gasteiger partial charge in [0.15, 0.2) is 27.3 Å². The fourth-order valence-electron chi connectivity index (χ4n) is 4.61. The Bertz CT molecular complexity index is 1660. The third kappa shape index (κ3) is 6.60. The highest BCUT2D eigenvalue weighted by molar-refractivity contribution is 7.92. The Labute approximate surface area is 250 Å². The van der Waals surface area contributed by atoms with Crippen molar-refractivity contribution >= 4 is 59.6 Å². The van der Waals surface area contributed by atoms with Gasteiger partial charge in [0.05, 0.1) is 16.8 Å². The van der Waals surface area contributed by atoms with Crippen LogP contribution in [0.5, 0.6) is 5.88 Å². The Balaban J connectivity index is 1.21. The molecule has 15 heteroatoms. The normalized spacial score (nSPS) is 18.3. The molecule has 2 fully saturated rings. The number of benzene rings is 1. The van der Waals surface area contributed by atoms with Gasteiger partial charge in [-0.3, -0.25) is 10.1 Å². The van der Waals surface area contributed by atoms with Crippen molar-refractivity contribution in [1.29, 1.82) is 0 Å². The van der Waals surface area contributed by atoms with E-state index in [0.29, 0.717) is 45.0 Å². The maximum absolute atomic E-state index is 13.4. The van der Waals surface area contributed by atoms with Gasteiger partial charge in [0.25, 0.3) is 5.91 Å². The van der Waals surface area contributed by atoms with Crippen LogP contribution in [0.25, 0.3) is 10.3 Å². The number of rotatable bonds is 10. The molecule has 2 saturated heterocycles. The second-order valence-corrected chi connectivity index (χ2v) is 13.9. The van der Waals surface area contributed by atoms with Crippen LogP contribution >= 0.6 is 22.7 Å². The zero-order valence-corrected chi connectivity index (χ0v) is 24.8. The molecule has 4 aromatic rings. The van der Waals surface area contributed by atoms with E-state index in [1.54, 1.807) is 12.3 Å². The van der Waals surface area contributed by atoms with Crippen molar-refractivity contribution in [3.63, 3.8) is 0 Å². The quantitative estimate of drug-likeness (QED) is 0.197. The monoisotopic (exact) mass is 628 g/mol. The third-order valence-corrected chi connectivity index (χ3v) is 10.7. The highest BCUT2D eigenvalue weighted by Crippen LogP contribution is 2.28. The van der Waals surface area contributed by atoms with E-state index in [1.165, 1.54) is 46.9 Å². The summed E-state index contributed by atoms with van der Waals surface area (Å²) in [5.41, 5.74) is 0.962. The number of sulfone groups is 1. The summed E-state index contributed by atoms with van der Waals surface area (Å²) in [6, 6.07) is 9.61. The van der Waals surface area contributed by atoms with Crippen LogP contribution in [-0.4, -0.2) is 72.6 Å². The number of carbonyl (C=O) groups is 1. The first-order valence-corrected chi connectivity index (χ1v) is 16.7. The van der Waals surface area contributed by atoms with E-state index in [9.17, 15) is 13.2 Å². The number of amides is 1. The van der Waals surface area contributed by atoms with Crippen molar-refractivity contribution in [3.8, 4) is 5.88 Å². The van der Waals surface area contributed by atoms with Gasteiger partial charge in [-0.25, -0.2) is 23.4 Å². The molecular weight excluding hydrogens is 601 g/mol. The molecule has 0 unspecified atom stereocenters. The number of thiazole rings is 2. The number of nitrogens with one attached hydrogen (secondary N) is 2. The van der Waals surface area contributed by atoms with Crippen molar-refractivity contribution in [2.75, 3.05) is 31.6 Å². The van der Waals surface area contributed by atoms with E-state index < -0.39 is 21.0 Å². The zero-order chi connectivity index (χ0) is 28.9. The van der Waals surface area contributed by atoms with E-state index in [0.717, 1.165) is 25.9 Å². The van der Waals surface area contributed by atoms with Gasteiger partial charge in [-0.2, -0.15) is 0 Å². The average molecular weight is 629 g/mol. The Kier molecular flexibility index (Phi) is 8.71. The number of carbonyl (C=O) groups excluding carboxylic acids is 1. The van der Waals surface area contributed by atoms with Gasteiger partial charge in [0.1, 0.15) is 21.5 Å². The average Bonchev–Trinajstić information content (AvgIpc) is 3.79. The van der Waals surface area contributed by atoms with Crippen LogP contribution in [0.3, 0.4) is 0 Å². The molecule has 1 aromatic carbocycles. The van der Waals surface area contributed by atoms with Crippen molar-refractivity contribution in [2.45, 2.75) is 42.1 Å². The molecular formula is C27H28N6O6S3. The van der Waals surface area contributed by atoms with Crippen LogP contribution in [0, 0.1) is 0 Å². The lowest BCUT2D eigenvalue weighted by molar-refractivity contribution is -0.110. The SMILES string of the molecule is O=C(Nc1nc2ccc(OC3CCNCC3)nc2s1)C(=NOCc1nccs1)c1ccc(S(=O)(=O)[C@H]2CCOC2)cc1. The molecule has 2 N–H and O–H groups in total. The molecule has 0 radical (unpaired) electrons. The molecule has 12 nitrogen and oxygen atoms in total. The maximum atomic E-state index is 13.4. The van der Waals surface area contributed by atoms with E-state index in [1.807, 2.05) is 11.4 Å². The first-order valence-electron chi connectivity index (χ1n) is 13.4. The molecule has 0 spiro atoms. The van der Waals surface area contributed by atoms with Gasteiger partial charge in [0.2, 0.25) is 5.88 Å². The second-order valence-electron chi connectivity index (χ2n) is 9.71. The number of fused-ring (bicyclic) bond motifs is 1. The van der Waals surface area contributed by atoms with Crippen LogP contribution in [0.2, 0.25) is 0 Å². The Morgan fingerprint density at radius 2 is 1.95 bits per heavy atom. The number of aromatic nitrogens is 3. The van der Waals surface area contributed by atoms with Crippen molar-refractivity contribution in [3.05, 3.63) is 58.5 Å². The molecule has 1 atom stereocenters. The largest absolute Gasteiger partial charge is 0.474 e. The van der Waals surface area contributed by atoms with Gasteiger partial charge in [-0.05, 0) is 50.6 Å². The second kappa shape index (κ2) is 12.8. The first-order chi connectivity index (χ1) is 20.5. The molecule has 1 amide bonds. The number of anilines is 1. The summed E-state index contributed by atoms with van der Waals surface area (Å²) in [7, 11) is -3.56. The van der Waals surface area contributed by atoms with Gasteiger partial charge < -0.3 is 19.6 Å². The molecule has 0 saturated carbocycles.